The summed E-state index contributed by atoms with van der Waals surface area (Å²) >= 11 is 0. The average Bonchev–Trinajstić information content (AvgIpc) is 3.43. The summed E-state index contributed by atoms with van der Waals surface area (Å²) in [4.78, 5) is 8.07. The number of pyridine rings is 1. The number of nitrogens with zero attached hydrogens (tertiary/aromatic N) is 2. The van der Waals surface area contributed by atoms with Gasteiger partial charge in [-0.15, -0.1) is 0 Å². The van der Waals surface area contributed by atoms with E-state index in [9.17, 15) is 0 Å². The van der Waals surface area contributed by atoms with Crippen molar-refractivity contribution in [1.29, 1.82) is 0 Å². The highest BCUT2D eigenvalue weighted by Crippen LogP contribution is 2.13. The lowest BCUT2D eigenvalue weighted by atomic mass is 10.0. The molecule has 0 bridgehead atoms. The minimum Gasteiger partial charge on any atom is -0.289 e. The van der Waals surface area contributed by atoms with Crippen LogP contribution >= 0.6 is 0 Å². The molecule has 1 aromatic heterocycles. The molecule has 0 radical (unpaired) electrons. The SMILES string of the molecule is C.C.C.CC(C)C1=CCN=C1.CC(C)c1ccccc1.CC(C)c1ccccc1.CC(C)c1cccnc1. The first-order chi connectivity index (χ1) is 16.7. The largest absolute Gasteiger partial charge is 0.289 e. The Morgan fingerprint density at radius 3 is 1.16 bits per heavy atom. The van der Waals surface area contributed by atoms with Gasteiger partial charge in [-0.2, -0.15) is 0 Å². The van der Waals surface area contributed by atoms with Crippen LogP contribution in [0.5, 0.6) is 0 Å². The van der Waals surface area contributed by atoms with E-state index in [1.165, 1.54) is 22.3 Å². The molecule has 0 fully saturated rings. The molecule has 38 heavy (non-hydrogen) atoms. The number of rotatable bonds is 4. The minimum atomic E-state index is 0. The Morgan fingerprint density at radius 2 is 0.947 bits per heavy atom. The normalized spacial score (nSPS) is 10.9. The topological polar surface area (TPSA) is 25.2 Å². The minimum absolute atomic E-state index is 0. The van der Waals surface area contributed by atoms with Gasteiger partial charge in [0, 0.05) is 18.6 Å². The van der Waals surface area contributed by atoms with Crippen LogP contribution in [0.4, 0.5) is 0 Å². The molecule has 3 aromatic rings. The predicted molar refractivity (Wildman–Crippen MR) is 176 cm³/mol. The zero-order valence-corrected chi connectivity index (χ0v) is 23.1. The Balaban J connectivity index is -0.000000419. The molecular weight excluding hydrogens is 460 g/mol. The summed E-state index contributed by atoms with van der Waals surface area (Å²) in [6.45, 7) is 18.4. The third-order valence-electron chi connectivity index (χ3n) is 5.62. The number of aromatic nitrogens is 1. The van der Waals surface area contributed by atoms with E-state index in [0.29, 0.717) is 23.7 Å². The highest BCUT2D eigenvalue weighted by atomic mass is 14.7. The molecule has 0 saturated heterocycles. The Bertz CT molecular complexity index is 851. The quantitative estimate of drug-likeness (QED) is 0.337. The van der Waals surface area contributed by atoms with Crippen LogP contribution in [0.1, 0.15) is 112 Å². The van der Waals surface area contributed by atoms with Crippen molar-refractivity contribution in [1.82, 2.24) is 4.98 Å². The second kappa shape index (κ2) is 23.1. The van der Waals surface area contributed by atoms with Crippen LogP contribution in [0, 0.1) is 5.92 Å². The summed E-state index contributed by atoms with van der Waals surface area (Å²) in [5, 5.41) is 0. The second-order valence-corrected chi connectivity index (χ2v) is 9.92. The van der Waals surface area contributed by atoms with Crippen molar-refractivity contribution in [3.05, 3.63) is 114 Å². The van der Waals surface area contributed by atoms with E-state index in [2.05, 4.69) is 126 Å². The van der Waals surface area contributed by atoms with Crippen molar-refractivity contribution in [2.75, 3.05) is 6.54 Å². The molecule has 2 heterocycles. The first-order valence-corrected chi connectivity index (χ1v) is 12.9. The standard InChI is InChI=1S/2C9H12.C8H11N.C7H11N.3CH4/c2*1-8(2)9-6-4-3-5-7-9;1-7(2)8-4-3-5-9-6-8;1-6(2)7-3-4-8-5-7;;;/h2*3-8H,1-2H3;3-7H,1-2H3;3,5-6H,4H2,1-2H3;3*1H4. The number of hydrogen-bond acceptors (Lipinski definition) is 2. The Labute approximate surface area is 237 Å². The summed E-state index contributed by atoms with van der Waals surface area (Å²) < 4.78 is 0. The van der Waals surface area contributed by atoms with Crippen molar-refractivity contribution < 1.29 is 0 Å². The van der Waals surface area contributed by atoms with E-state index in [4.69, 9.17) is 0 Å². The lowest BCUT2D eigenvalue weighted by Crippen LogP contribution is -1.90. The van der Waals surface area contributed by atoms with Gasteiger partial charge >= 0.3 is 0 Å². The van der Waals surface area contributed by atoms with Gasteiger partial charge in [0.2, 0.25) is 0 Å². The molecule has 1 aliphatic rings. The van der Waals surface area contributed by atoms with Crippen molar-refractivity contribution in [2.45, 2.75) is 95.4 Å². The van der Waals surface area contributed by atoms with Gasteiger partial charge in [-0.3, -0.25) is 9.98 Å². The van der Waals surface area contributed by atoms with E-state index in [1.54, 1.807) is 6.20 Å². The summed E-state index contributed by atoms with van der Waals surface area (Å²) in [6.07, 6.45) is 7.84. The highest BCUT2D eigenvalue weighted by Gasteiger charge is 2.01. The Morgan fingerprint density at radius 1 is 0.526 bits per heavy atom. The van der Waals surface area contributed by atoms with E-state index in [-0.39, 0.29) is 22.3 Å². The van der Waals surface area contributed by atoms with Crippen molar-refractivity contribution in [3.8, 4) is 0 Å². The zero-order valence-electron chi connectivity index (χ0n) is 23.1. The van der Waals surface area contributed by atoms with Gasteiger partial charge in [-0.05, 0) is 52.0 Å². The molecule has 0 unspecified atom stereocenters. The lowest BCUT2D eigenvalue weighted by molar-refractivity contribution is 0.808. The number of hydrogen-bond donors (Lipinski definition) is 0. The summed E-state index contributed by atoms with van der Waals surface area (Å²) in [6, 6.07) is 25.1. The van der Waals surface area contributed by atoms with E-state index < -0.39 is 0 Å². The molecule has 4 rings (SSSR count). The van der Waals surface area contributed by atoms with Crippen LogP contribution in [0.2, 0.25) is 0 Å². The molecule has 1 aliphatic heterocycles. The summed E-state index contributed by atoms with van der Waals surface area (Å²) in [5.74, 6) is 2.57. The molecule has 0 spiro atoms. The van der Waals surface area contributed by atoms with Crippen LogP contribution in [-0.4, -0.2) is 17.7 Å². The van der Waals surface area contributed by atoms with Gasteiger partial charge in [0.25, 0.3) is 0 Å². The van der Waals surface area contributed by atoms with E-state index in [1.807, 2.05) is 30.6 Å². The Kier molecular flexibility index (Phi) is 24.1. The monoisotopic (exact) mass is 518 g/mol. The fourth-order valence-corrected chi connectivity index (χ4v) is 3.15. The number of benzene rings is 2. The fraction of sp³-hybridized carbons (Fsp3) is 0.444. The molecule has 2 heteroatoms. The van der Waals surface area contributed by atoms with Crippen molar-refractivity contribution >= 4 is 6.21 Å². The Hall–Kier alpha value is -3.00. The molecule has 0 N–H and O–H groups in total. The first-order valence-electron chi connectivity index (χ1n) is 12.9. The summed E-state index contributed by atoms with van der Waals surface area (Å²) in [5.41, 5.74) is 5.51. The van der Waals surface area contributed by atoms with Crippen LogP contribution in [0.15, 0.2) is 102 Å². The summed E-state index contributed by atoms with van der Waals surface area (Å²) in [7, 11) is 0. The molecule has 0 amide bonds. The lowest BCUT2D eigenvalue weighted by Gasteiger charge is -2.01. The third-order valence-corrected chi connectivity index (χ3v) is 5.62. The molecular formula is C36H58N2. The van der Waals surface area contributed by atoms with Gasteiger partial charge in [-0.25, -0.2) is 0 Å². The highest BCUT2D eigenvalue weighted by molar-refractivity contribution is 5.81. The van der Waals surface area contributed by atoms with Crippen LogP contribution in [0.25, 0.3) is 0 Å². The van der Waals surface area contributed by atoms with Crippen molar-refractivity contribution in [3.63, 3.8) is 0 Å². The van der Waals surface area contributed by atoms with Crippen LogP contribution in [-0.2, 0) is 0 Å². The zero-order chi connectivity index (χ0) is 26.1. The second-order valence-electron chi connectivity index (χ2n) is 9.92. The number of allylic oxidation sites excluding steroid dienone is 1. The molecule has 0 saturated carbocycles. The van der Waals surface area contributed by atoms with Crippen molar-refractivity contribution in [2.24, 2.45) is 10.9 Å². The van der Waals surface area contributed by atoms with Gasteiger partial charge < -0.3 is 0 Å². The molecule has 212 valence electrons. The van der Waals surface area contributed by atoms with E-state index in [0.717, 1.165) is 6.54 Å². The van der Waals surface area contributed by atoms with Gasteiger partial charge in [0.1, 0.15) is 0 Å². The fourth-order valence-electron chi connectivity index (χ4n) is 3.15. The van der Waals surface area contributed by atoms with Crippen LogP contribution in [0.3, 0.4) is 0 Å². The molecule has 0 aliphatic carbocycles. The first kappa shape index (κ1) is 39.5. The van der Waals surface area contributed by atoms with Gasteiger partial charge in [-0.1, -0.05) is 150 Å². The van der Waals surface area contributed by atoms with E-state index >= 15 is 0 Å². The maximum atomic E-state index is 4.07. The number of aliphatic imine (C=N–C) groups is 1. The smallest absolute Gasteiger partial charge is 0.0576 e. The molecule has 0 atom stereocenters. The maximum absolute atomic E-state index is 4.07. The molecule has 2 nitrogen and oxygen atoms in total. The average molecular weight is 519 g/mol. The third kappa shape index (κ3) is 17.5. The van der Waals surface area contributed by atoms with Crippen LogP contribution < -0.4 is 0 Å². The predicted octanol–water partition coefficient (Wildman–Crippen LogP) is 11.4. The van der Waals surface area contributed by atoms with Gasteiger partial charge in [0.05, 0.1) is 6.54 Å². The van der Waals surface area contributed by atoms with Gasteiger partial charge in [0.15, 0.2) is 0 Å². The molecule has 2 aromatic carbocycles. The maximum Gasteiger partial charge on any atom is 0.0576 e.